The van der Waals surface area contributed by atoms with E-state index in [0.717, 1.165) is 25.4 Å². The van der Waals surface area contributed by atoms with Gasteiger partial charge in [-0.1, -0.05) is 0 Å². The van der Waals surface area contributed by atoms with E-state index < -0.39 is 0 Å². The van der Waals surface area contributed by atoms with Crippen molar-refractivity contribution in [2.24, 2.45) is 0 Å². The van der Waals surface area contributed by atoms with Gasteiger partial charge in [0.1, 0.15) is 0 Å². The fourth-order valence-corrected chi connectivity index (χ4v) is 1.93. The van der Waals surface area contributed by atoms with Gasteiger partial charge in [-0.25, -0.2) is 0 Å². The second-order valence-corrected chi connectivity index (χ2v) is 3.87. The van der Waals surface area contributed by atoms with Crippen molar-refractivity contribution < 1.29 is 9.59 Å². The third-order valence-electron chi connectivity index (χ3n) is 1.76. The van der Waals surface area contributed by atoms with Crippen LogP contribution in [0.25, 0.3) is 0 Å². The van der Waals surface area contributed by atoms with Crippen molar-refractivity contribution >= 4 is 37.2 Å². The molecule has 0 saturated carbocycles. The van der Waals surface area contributed by atoms with Crippen LogP contribution in [-0.4, -0.2) is 40.0 Å². The van der Waals surface area contributed by atoms with E-state index in [1.165, 1.54) is 2.80 Å². The van der Waals surface area contributed by atoms with Gasteiger partial charge in [0.25, 0.3) is 0 Å². The van der Waals surface area contributed by atoms with Crippen molar-refractivity contribution in [2.45, 2.75) is 0 Å². The van der Waals surface area contributed by atoms with E-state index in [4.69, 9.17) is 0 Å². The number of rotatable bonds is 0. The van der Waals surface area contributed by atoms with Gasteiger partial charge in [-0.15, -0.1) is 0 Å². The van der Waals surface area contributed by atoms with Crippen molar-refractivity contribution in [3.63, 3.8) is 0 Å². The van der Waals surface area contributed by atoms with Crippen LogP contribution in [0.15, 0.2) is 24.3 Å². The summed E-state index contributed by atoms with van der Waals surface area (Å²) in [4.78, 5) is 22.7. The van der Waals surface area contributed by atoms with E-state index in [1.807, 2.05) is 0 Å². The zero-order valence-corrected chi connectivity index (χ0v) is 9.16. The Morgan fingerprint density at radius 2 is 1.42 bits per heavy atom. The summed E-state index contributed by atoms with van der Waals surface area (Å²) in [6.07, 6.45) is 0. The average molecular weight is 355 g/mol. The minimum atomic E-state index is -0.175. The molecule has 0 bridgehead atoms. The second kappa shape index (κ2) is 2.64. The van der Waals surface area contributed by atoms with Crippen LogP contribution in [-0.2, 0) is 0 Å². The zero-order chi connectivity index (χ0) is 8.72. The summed E-state index contributed by atoms with van der Waals surface area (Å²) in [6.45, 7) is 0. The molecule has 0 N–H and O–H groups in total. The molecule has 0 fully saturated rings. The molecule has 12 heavy (non-hydrogen) atoms. The number of nitrogens with zero attached hydrogens (tertiary/aromatic N) is 1. The molecule has 1 aliphatic rings. The fourth-order valence-electron chi connectivity index (χ4n) is 1.17. The van der Waals surface area contributed by atoms with Gasteiger partial charge in [-0.2, -0.15) is 0 Å². The second-order valence-electron chi connectivity index (χ2n) is 2.45. The van der Waals surface area contributed by atoms with Crippen molar-refractivity contribution in [2.75, 3.05) is 0 Å². The third kappa shape index (κ3) is 0.915. The molecule has 59 valence electrons. The van der Waals surface area contributed by atoms with Crippen LogP contribution < -0.4 is 0 Å². The minimum absolute atomic E-state index is 0.175. The summed E-state index contributed by atoms with van der Waals surface area (Å²) in [7, 11) is 0. The Labute approximate surface area is 84.9 Å². The van der Waals surface area contributed by atoms with Crippen LogP contribution in [0.5, 0.6) is 0 Å². The molecule has 1 aliphatic heterocycles. The normalized spacial score (nSPS) is 15.2. The number of imide groups is 1. The topological polar surface area (TPSA) is 37.4 Å². The third-order valence-corrected chi connectivity index (χ3v) is 3.05. The van der Waals surface area contributed by atoms with Gasteiger partial charge in [-0.3, -0.25) is 0 Å². The first-order valence-electron chi connectivity index (χ1n) is 3.37. The van der Waals surface area contributed by atoms with Crippen molar-refractivity contribution in [1.82, 2.24) is 2.80 Å². The van der Waals surface area contributed by atoms with Crippen LogP contribution in [0.3, 0.4) is 0 Å². The molecule has 2 rings (SSSR count). The summed E-state index contributed by atoms with van der Waals surface area (Å²) in [5.74, 6) is -0.351. The van der Waals surface area contributed by atoms with Crippen LogP contribution in [0.1, 0.15) is 20.7 Å². The van der Waals surface area contributed by atoms with E-state index in [0.29, 0.717) is 11.1 Å². The molecule has 1 aromatic carbocycles. The number of benzene rings is 1. The first kappa shape index (κ1) is 7.88. The summed E-state index contributed by atoms with van der Waals surface area (Å²) < 4.78 is 1.21. The van der Waals surface area contributed by atoms with Crippen LogP contribution in [0.4, 0.5) is 0 Å². The standard InChI is InChI=1S/C8H5NO2.Po/c10-7-5-3-1-2-4-6(5)8(11)9-7;/h1-4H,(H,9,10,11);/q;+1/p-1. The molecule has 3 nitrogen and oxygen atoms in total. The Hall–Kier alpha value is -0.744. The maximum absolute atomic E-state index is 11.3. The molecular formula is C8H4NO2Po. The molecule has 1 heterocycles. The predicted octanol–water partition coefficient (Wildman–Crippen LogP) is 0.366. The van der Waals surface area contributed by atoms with E-state index in [9.17, 15) is 9.59 Å². The maximum atomic E-state index is 11.3. The number of carbonyl (C=O) groups is 2. The summed E-state index contributed by atoms with van der Waals surface area (Å²) >= 11 is 0.871. The van der Waals surface area contributed by atoms with Gasteiger partial charge >= 0.3 is 85.0 Å². The van der Waals surface area contributed by atoms with Crippen LogP contribution in [0, 0.1) is 0 Å². The Morgan fingerprint density at radius 1 is 1.00 bits per heavy atom. The number of hydrogen-bond acceptors (Lipinski definition) is 2. The number of amides is 2. The summed E-state index contributed by atoms with van der Waals surface area (Å²) in [5, 5.41) is 0. The predicted molar refractivity (Wildman–Crippen MR) is 42.7 cm³/mol. The van der Waals surface area contributed by atoms with Crippen molar-refractivity contribution in [3.05, 3.63) is 35.4 Å². The van der Waals surface area contributed by atoms with E-state index in [-0.39, 0.29) is 11.8 Å². The first-order chi connectivity index (χ1) is 5.72. The summed E-state index contributed by atoms with van der Waals surface area (Å²) in [5.41, 5.74) is 1.05. The van der Waals surface area contributed by atoms with Crippen molar-refractivity contribution in [1.29, 1.82) is 0 Å². The summed E-state index contributed by atoms with van der Waals surface area (Å²) in [6, 6.07) is 6.88. The Bertz CT molecular complexity index is 340. The molecule has 0 aromatic heterocycles. The van der Waals surface area contributed by atoms with Gasteiger partial charge in [0.05, 0.1) is 0 Å². The van der Waals surface area contributed by atoms with Gasteiger partial charge in [0.15, 0.2) is 0 Å². The van der Waals surface area contributed by atoms with Crippen LogP contribution >= 0.6 is 0 Å². The van der Waals surface area contributed by atoms with E-state index in [1.54, 1.807) is 24.3 Å². The Morgan fingerprint density at radius 3 is 1.83 bits per heavy atom. The quantitative estimate of drug-likeness (QED) is 0.631. The van der Waals surface area contributed by atoms with E-state index >= 15 is 0 Å². The molecule has 1 radical (unpaired) electrons. The monoisotopic (exact) mass is 355 g/mol. The molecule has 0 aliphatic carbocycles. The number of hydrogen-bond donors (Lipinski definition) is 0. The van der Waals surface area contributed by atoms with Gasteiger partial charge in [-0.05, 0) is 0 Å². The zero-order valence-electron chi connectivity index (χ0n) is 5.98. The SMILES string of the molecule is O=C1c2ccccc2C(=O)[N]1[Po]. The Kier molecular flexibility index (Phi) is 1.73. The fraction of sp³-hybridized carbons (Fsp3) is 0. The first-order valence-corrected chi connectivity index (χ1v) is 4.78. The molecular weight excluding hydrogens is 351 g/mol. The molecule has 4 heteroatoms. The number of fused-ring (bicyclic) bond motifs is 1. The molecule has 0 saturated heterocycles. The average Bonchev–Trinajstić information content (AvgIpc) is 2.33. The van der Waals surface area contributed by atoms with E-state index in [2.05, 4.69) is 0 Å². The van der Waals surface area contributed by atoms with Crippen LogP contribution in [0.2, 0.25) is 0 Å². The Balaban J connectivity index is 2.67. The van der Waals surface area contributed by atoms with Gasteiger partial charge in [0, 0.05) is 0 Å². The molecule has 0 unspecified atom stereocenters. The van der Waals surface area contributed by atoms with Gasteiger partial charge < -0.3 is 0 Å². The number of carbonyl (C=O) groups excluding carboxylic acids is 2. The van der Waals surface area contributed by atoms with Crippen molar-refractivity contribution in [3.8, 4) is 0 Å². The molecule has 0 atom stereocenters. The molecule has 2 amide bonds. The van der Waals surface area contributed by atoms with Gasteiger partial charge in [0.2, 0.25) is 0 Å². The molecule has 1 aromatic rings. The molecule has 0 spiro atoms.